The first-order valence-corrected chi connectivity index (χ1v) is 5.76. The quantitative estimate of drug-likeness (QED) is 0.736. The summed E-state index contributed by atoms with van der Waals surface area (Å²) in [7, 11) is 0. The van der Waals surface area contributed by atoms with Gasteiger partial charge in [-0.15, -0.1) is 0 Å². The molecule has 0 N–H and O–H groups in total. The van der Waals surface area contributed by atoms with E-state index in [9.17, 15) is 0 Å². The second-order valence-corrected chi connectivity index (χ2v) is 4.06. The highest BCUT2D eigenvalue weighted by Gasteiger charge is 2.16. The largest absolute Gasteiger partial charge is 0.378 e. The van der Waals surface area contributed by atoms with Gasteiger partial charge in [-0.3, -0.25) is 4.98 Å². The molecule has 3 heterocycles. The Bertz CT molecular complexity index is 537. The van der Waals surface area contributed by atoms with Crippen molar-refractivity contribution < 1.29 is 4.74 Å². The molecule has 0 atom stereocenters. The average molecular weight is 230 g/mol. The lowest BCUT2D eigenvalue weighted by molar-refractivity contribution is 0.122. The maximum Gasteiger partial charge on any atom is 0.159 e. The molecule has 2 aromatic rings. The van der Waals surface area contributed by atoms with Gasteiger partial charge in [0.25, 0.3) is 0 Å². The third kappa shape index (κ3) is 1.93. The molecule has 1 aliphatic rings. The van der Waals surface area contributed by atoms with Crippen molar-refractivity contribution in [3.8, 4) is 0 Å². The fourth-order valence-electron chi connectivity index (χ4n) is 2.06. The molecule has 0 aromatic carbocycles. The number of aromatic nitrogens is 3. The molecule has 2 aromatic heterocycles. The third-order valence-electron chi connectivity index (χ3n) is 2.86. The van der Waals surface area contributed by atoms with Crippen molar-refractivity contribution in [2.45, 2.75) is 6.92 Å². The summed E-state index contributed by atoms with van der Waals surface area (Å²) in [6, 6.07) is 3.87. The van der Waals surface area contributed by atoms with Crippen LogP contribution in [0.15, 0.2) is 18.3 Å². The van der Waals surface area contributed by atoms with Gasteiger partial charge in [-0.1, -0.05) is 0 Å². The molecule has 1 aliphatic heterocycles. The van der Waals surface area contributed by atoms with Crippen molar-refractivity contribution >= 4 is 16.9 Å². The Morgan fingerprint density at radius 3 is 2.88 bits per heavy atom. The monoisotopic (exact) mass is 230 g/mol. The summed E-state index contributed by atoms with van der Waals surface area (Å²) in [6.07, 6.45) is 1.78. The van der Waals surface area contributed by atoms with Gasteiger partial charge in [0.1, 0.15) is 11.3 Å². The molecule has 0 radical (unpaired) electrons. The van der Waals surface area contributed by atoms with Gasteiger partial charge in [0.2, 0.25) is 0 Å². The second-order valence-electron chi connectivity index (χ2n) is 4.06. The van der Waals surface area contributed by atoms with E-state index in [1.54, 1.807) is 6.20 Å². The van der Waals surface area contributed by atoms with E-state index in [-0.39, 0.29) is 0 Å². The molecule has 17 heavy (non-hydrogen) atoms. The molecule has 0 bridgehead atoms. The number of hydrogen-bond donors (Lipinski definition) is 0. The molecule has 0 amide bonds. The number of aryl methyl sites for hydroxylation is 1. The Balaban J connectivity index is 2.13. The lowest BCUT2D eigenvalue weighted by Crippen LogP contribution is -2.37. The number of anilines is 1. The Labute approximate surface area is 99.5 Å². The van der Waals surface area contributed by atoms with Gasteiger partial charge in [0, 0.05) is 19.3 Å². The van der Waals surface area contributed by atoms with Gasteiger partial charge in [0.15, 0.2) is 5.82 Å². The van der Waals surface area contributed by atoms with Gasteiger partial charge < -0.3 is 9.64 Å². The van der Waals surface area contributed by atoms with Crippen molar-refractivity contribution in [2.24, 2.45) is 0 Å². The molecule has 0 aliphatic carbocycles. The van der Waals surface area contributed by atoms with Crippen molar-refractivity contribution in [3.05, 3.63) is 24.2 Å². The summed E-state index contributed by atoms with van der Waals surface area (Å²) in [5, 5.41) is 0. The maximum absolute atomic E-state index is 5.36. The molecule has 1 fully saturated rings. The van der Waals surface area contributed by atoms with Crippen LogP contribution in [0.5, 0.6) is 0 Å². The summed E-state index contributed by atoms with van der Waals surface area (Å²) >= 11 is 0. The molecular weight excluding hydrogens is 216 g/mol. The van der Waals surface area contributed by atoms with Gasteiger partial charge in [0.05, 0.1) is 18.7 Å². The first kappa shape index (κ1) is 10.4. The number of morpholine rings is 1. The lowest BCUT2D eigenvalue weighted by Gasteiger charge is -2.28. The number of rotatable bonds is 1. The van der Waals surface area contributed by atoms with Crippen LogP contribution in [0.25, 0.3) is 11.0 Å². The zero-order valence-electron chi connectivity index (χ0n) is 9.76. The van der Waals surface area contributed by atoms with Crippen molar-refractivity contribution in [1.29, 1.82) is 0 Å². The molecule has 0 unspecified atom stereocenters. The SMILES string of the molecule is Cc1nc(N2CCOCC2)c2ncccc2n1. The summed E-state index contributed by atoms with van der Waals surface area (Å²) in [5.41, 5.74) is 1.78. The standard InChI is InChI=1S/C12H14N4O/c1-9-14-10-3-2-4-13-11(10)12(15-9)16-5-7-17-8-6-16/h2-4H,5-8H2,1H3. The molecule has 5 heteroatoms. The Kier molecular flexibility index (Phi) is 2.60. The van der Waals surface area contributed by atoms with Crippen LogP contribution in [-0.2, 0) is 4.74 Å². The minimum absolute atomic E-state index is 0.747. The molecular formula is C12H14N4O. The Morgan fingerprint density at radius 1 is 1.24 bits per heavy atom. The van der Waals surface area contributed by atoms with Crippen LogP contribution in [0.4, 0.5) is 5.82 Å². The van der Waals surface area contributed by atoms with E-state index >= 15 is 0 Å². The van der Waals surface area contributed by atoms with Crippen LogP contribution < -0.4 is 4.90 Å². The number of hydrogen-bond acceptors (Lipinski definition) is 5. The zero-order valence-corrected chi connectivity index (χ0v) is 9.76. The van der Waals surface area contributed by atoms with Crippen LogP contribution in [0.2, 0.25) is 0 Å². The van der Waals surface area contributed by atoms with E-state index < -0.39 is 0 Å². The molecule has 3 rings (SSSR count). The van der Waals surface area contributed by atoms with E-state index in [1.807, 2.05) is 19.1 Å². The zero-order chi connectivity index (χ0) is 11.7. The smallest absolute Gasteiger partial charge is 0.159 e. The summed E-state index contributed by atoms with van der Waals surface area (Å²) in [4.78, 5) is 15.5. The van der Waals surface area contributed by atoms with Gasteiger partial charge >= 0.3 is 0 Å². The van der Waals surface area contributed by atoms with Crippen LogP contribution in [0.3, 0.4) is 0 Å². The lowest BCUT2D eigenvalue weighted by atomic mass is 10.3. The molecule has 5 nitrogen and oxygen atoms in total. The van der Waals surface area contributed by atoms with Gasteiger partial charge in [-0.25, -0.2) is 9.97 Å². The number of ether oxygens (including phenoxy) is 1. The first-order valence-electron chi connectivity index (χ1n) is 5.76. The molecule has 1 saturated heterocycles. The van der Waals surface area contributed by atoms with Crippen LogP contribution in [0, 0.1) is 6.92 Å². The number of pyridine rings is 1. The van der Waals surface area contributed by atoms with E-state index in [0.29, 0.717) is 0 Å². The number of fused-ring (bicyclic) bond motifs is 1. The van der Waals surface area contributed by atoms with Crippen LogP contribution in [-0.4, -0.2) is 41.3 Å². The van der Waals surface area contributed by atoms with Crippen molar-refractivity contribution in [1.82, 2.24) is 15.0 Å². The highest BCUT2D eigenvalue weighted by atomic mass is 16.5. The normalized spacial score (nSPS) is 16.4. The van der Waals surface area contributed by atoms with E-state index in [2.05, 4.69) is 19.9 Å². The highest BCUT2D eigenvalue weighted by Crippen LogP contribution is 2.22. The average Bonchev–Trinajstić information content (AvgIpc) is 2.39. The van der Waals surface area contributed by atoms with Gasteiger partial charge in [-0.2, -0.15) is 0 Å². The highest BCUT2D eigenvalue weighted by molar-refractivity contribution is 5.85. The molecule has 88 valence electrons. The molecule has 0 saturated carbocycles. The fourth-order valence-corrected chi connectivity index (χ4v) is 2.06. The molecule has 0 spiro atoms. The van der Waals surface area contributed by atoms with E-state index in [0.717, 1.165) is 49.0 Å². The van der Waals surface area contributed by atoms with E-state index in [1.165, 1.54) is 0 Å². The van der Waals surface area contributed by atoms with Crippen molar-refractivity contribution in [3.63, 3.8) is 0 Å². The predicted octanol–water partition coefficient (Wildman–Crippen LogP) is 1.17. The number of nitrogens with zero attached hydrogens (tertiary/aromatic N) is 4. The summed E-state index contributed by atoms with van der Waals surface area (Å²) in [5.74, 6) is 1.71. The fraction of sp³-hybridized carbons (Fsp3) is 0.417. The second kappa shape index (κ2) is 4.25. The van der Waals surface area contributed by atoms with Gasteiger partial charge in [-0.05, 0) is 19.1 Å². The minimum Gasteiger partial charge on any atom is -0.378 e. The predicted molar refractivity (Wildman–Crippen MR) is 65.1 cm³/mol. The maximum atomic E-state index is 5.36. The van der Waals surface area contributed by atoms with Crippen LogP contribution in [0.1, 0.15) is 5.82 Å². The van der Waals surface area contributed by atoms with E-state index in [4.69, 9.17) is 4.74 Å². The van der Waals surface area contributed by atoms with Crippen molar-refractivity contribution in [2.75, 3.05) is 31.2 Å². The summed E-state index contributed by atoms with van der Waals surface area (Å²) in [6.45, 7) is 5.13. The Hall–Kier alpha value is -1.75. The third-order valence-corrected chi connectivity index (χ3v) is 2.86. The Morgan fingerprint density at radius 2 is 2.06 bits per heavy atom. The van der Waals surface area contributed by atoms with Crippen LogP contribution >= 0.6 is 0 Å². The summed E-state index contributed by atoms with van der Waals surface area (Å²) < 4.78 is 5.36. The topological polar surface area (TPSA) is 51.1 Å². The first-order chi connectivity index (χ1) is 8.34. The minimum atomic E-state index is 0.747.